The molecule has 2 N–H and O–H groups in total. The first-order valence-electron chi connectivity index (χ1n) is 9.99. The number of anilines is 1. The summed E-state index contributed by atoms with van der Waals surface area (Å²) < 4.78 is 67.0. The number of rotatable bonds is 5. The van der Waals surface area contributed by atoms with Gasteiger partial charge in [0.25, 0.3) is 0 Å². The van der Waals surface area contributed by atoms with E-state index >= 15 is 0 Å². The number of carbonyl (C=O) groups excluding carboxylic acids is 1. The molecule has 194 valence electrons. The van der Waals surface area contributed by atoms with E-state index in [9.17, 15) is 26.7 Å². The highest BCUT2D eigenvalue weighted by Crippen LogP contribution is 2.30. The van der Waals surface area contributed by atoms with Gasteiger partial charge in [-0.1, -0.05) is 0 Å². The number of alkyl halides is 5. The van der Waals surface area contributed by atoms with Crippen LogP contribution in [0.25, 0.3) is 16.7 Å². The van der Waals surface area contributed by atoms with E-state index in [4.69, 9.17) is 14.6 Å². The summed E-state index contributed by atoms with van der Waals surface area (Å²) in [7, 11) is 0. The van der Waals surface area contributed by atoms with Crippen LogP contribution in [-0.2, 0) is 15.5 Å². The van der Waals surface area contributed by atoms with E-state index in [1.54, 1.807) is 29.1 Å². The number of hydrogen-bond donors (Lipinski definition) is 2. The minimum atomic E-state index is -5.08. The van der Waals surface area contributed by atoms with Crippen LogP contribution in [0, 0.1) is 0 Å². The molecule has 0 unspecified atom stereocenters. The average molecular weight is 525 g/mol. The third-order valence-electron chi connectivity index (χ3n) is 4.21. The maximum absolute atomic E-state index is 14.0. The van der Waals surface area contributed by atoms with Crippen LogP contribution in [0.5, 0.6) is 11.6 Å². The van der Waals surface area contributed by atoms with Crippen molar-refractivity contribution in [3.63, 3.8) is 0 Å². The van der Waals surface area contributed by atoms with Crippen molar-refractivity contribution < 1.29 is 41.4 Å². The Bertz CT molecular complexity index is 1420. The Labute approximate surface area is 204 Å². The first-order chi connectivity index (χ1) is 17.2. The third kappa shape index (κ3) is 7.12. The van der Waals surface area contributed by atoms with Gasteiger partial charge in [0.15, 0.2) is 5.75 Å². The number of amides is 1. The Hall–Kier alpha value is -4.76. The molecule has 1 amide bonds. The normalized spacial score (nSPS) is 11.4. The molecular weight excluding hydrogens is 509 g/mol. The number of carbonyl (C=O) groups is 2. The Kier molecular flexibility index (Phi) is 7.59. The van der Waals surface area contributed by atoms with Gasteiger partial charge >= 0.3 is 18.1 Å². The van der Waals surface area contributed by atoms with Gasteiger partial charge < -0.3 is 19.7 Å². The SMILES string of the molecule is CC(=O)Nc1cc2c(ccn2-c2cc(Oc3cncnc3)nc(C(C)(F)F)n2)cn1.O=C(O)C(F)(F)F. The lowest BCUT2D eigenvalue weighted by Crippen LogP contribution is -2.21. The number of nitrogens with one attached hydrogen (secondary N) is 1. The quantitative estimate of drug-likeness (QED) is 0.368. The molecule has 0 atom stereocenters. The largest absolute Gasteiger partial charge is 0.490 e. The highest BCUT2D eigenvalue weighted by atomic mass is 19.4. The molecule has 0 bridgehead atoms. The van der Waals surface area contributed by atoms with Crippen LogP contribution in [0.2, 0.25) is 0 Å². The Morgan fingerprint density at radius 2 is 1.70 bits per heavy atom. The molecule has 16 heteroatoms. The summed E-state index contributed by atoms with van der Waals surface area (Å²) in [5, 5.41) is 10.4. The number of halogens is 5. The smallest absolute Gasteiger partial charge is 0.475 e. The van der Waals surface area contributed by atoms with E-state index in [1.165, 1.54) is 31.7 Å². The third-order valence-corrected chi connectivity index (χ3v) is 4.21. The standard InChI is InChI=1S/C19H15F2N7O2.C2HF3O2/c1-11(29)25-15-5-14-12(7-24-15)3-4-28(14)16-6-17(27-18(26-16)19(2,20)21)30-13-8-22-10-23-9-13;3-2(4,5)1(6)7/h3-10H,1-2H3,(H,24,25,29);(H,6,7). The van der Waals surface area contributed by atoms with Gasteiger partial charge in [-0.2, -0.15) is 26.9 Å². The fourth-order valence-corrected chi connectivity index (χ4v) is 2.72. The fourth-order valence-electron chi connectivity index (χ4n) is 2.72. The summed E-state index contributed by atoms with van der Waals surface area (Å²) in [6.07, 6.45) is 2.21. The number of ether oxygens (including phenoxy) is 1. The lowest BCUT2D eigenvalue weighted by atomic mass is 10.3. The van der Waals surface area contributed by atoms with Gasteiger partial charge in [-0.25, -0.2) is 24.7 Å². The van der Waals surface area contributed by atoms with Crippen molar-refractivity contribution in [2.45, 2.75) is 25.9 Å². The minimum absolute atomic E-state index is 0.0932. The molecule has 4 heterocycles. The number of pyridine rings is 1. The van der Waals surface area contributed by atoms with E-state index < -0.39 is 23.9 Å². The van der Waals surface area contributed by atoms with Crippen LogP contribution in [0.4, 0.5) is 27.8 Å². The van der Waals surface area contributed by atoms with Crippen molar-refractivity contribution in [1.82, 2.24) is 29.5 Å². The first-order valence-corrected chi connectivity index (χ1v) is 9.99. The van der Waals surface area contributed by atoms with Gasteiger partial charge in [0.05, 0.1) is 17.9 Å². The summed E-state index contributed by atoms with van der Waals surface area (Å²) in [6, 6.07) is 4.78. The Morgan fingerprint density at radius 3 is 2.27 bits per heavy atom. The zero-order valence-electron chi connectivity index (χ0n) is 18.9. The van der Waals surface area contributed by atoms with Crippen LogP contribution in [0.15, 0.2) is 49.3 Å². The minimum Gasteiger partial charge on any atom is -0.475 e. The van der Waals surface area contributed by atoms with Crippen molar-refractivity contribution in [3.05, 3.63) is 55.1 Å². The molecule has 4 aromatic rings. The zero-order chi connectivity index (χ0) is 27.4. The van der Waals surface area contributed by atoms with Gasteiger partial charge in [-0.3, -0.25) is 4.79 Å². The second-order valence-corrected chi connectivity index (χ2v) is 7.25. The zero-order valence-corrected chi connectivity index (χ0v) is 18.9. The highest BCUT2D eigenvalue weighted by molar-refractivity contribution is 5.91. The molecule has 0 saturated carbocycles. The Balaban J connectivity index is 0.000000479. The monoisotopic (exact) mass is 525 g/mol. The number of carboxylic acid groups (broad SMARTS) is 1. The molecule has 4 rings (SSSR count). The van der Waals surface area contributed by atoms with E-state index in [2.05, 4.69) is 30.2 Å². The average Bonchev–Trinajstić information content (AvgIpc) is 3.22. The van der Waals surface area contributed by atoms with Gasteiger partial charge in [-0.05, 0) is 6.07 Å². The van der Waals surface area contributed by atoms with Crippen molar-refractivity contribution in [2.24, 2.45) is 0 Å². The number of aromatic nitrogens is 6. The summed E-state index contributed by atoms with van der Waals surface area (Å²) in [6.45, 7) is 2.07. The first kappa shape index (κ1) is 26.8. The topological polar surface area (TPSA) is 145 Å². The maximum Gasteiger partial charge on any atom is 0.490 e. The van der Waals surface area contributed by atoms with Gasteiger partial charge in [0, 0.05) is 43.8 Å². The van der Waals surface area contributed by atoms with Crippen molar-refractivity contribution in [3.8, 4) is 17.4 Å². The van der Waals surface area contributed by atoms with Crippen LogP contribution < -0.4 is 10.1 Å². The van der Waals surface area contributed by atoms with Gasteiger partial charge in [0.1, 0.15) is 18.0 Å². The molecule has 0 saturated heterocycles. The predicted molar refractivity (Wildman–Crippen MR) is 116 cm³/mol. The highest BCUT2D eigenvalue weighted by Gasteiger charge is 2.38. The summed E-state index contributed by atoms with van der Waals surface area (Å²) >= 11 is 0. The molecule has 0 radical (unpaired) electrons. The van der Waals surface area contributed by atoms with Crippen LogP contribution in [-0.4, -0.2) is 52.6 Å². The molecule has 37 heavy (non-hydrogen) atoms. The molecule has 0 aliphatic carbocycles. The number of carboxylic acids is 1. The molecule has 0 aromatic carbocycles. The molecule has 0 aliphatic heterocycles. The molecule has 11 nitrogen and oxygen atoms in total. The molecule has 0 aliphatic rings. The number of fused-ring (bicyclic) bond motifs is 1. The van der Waals surface area contributed by atoms with Gasteiger partial charge in [-0.15, -0.1) is 0 Å². The summed E-state index contributed by atoms with van der Waals surface area (Å²) in [4.78, 5) is 39.9. The molecule has 0 spiro atoms. The number of aliphatic carboxylic acids is 1. The van der Waals surface area contributed by atoms with E-state index in [1.807, 2.05) is 0 Å². The fraction of sp³-hybridized carbons (Fsp3) is 0.190. The lowest BCUT2D eigenvalue weighted by molar-refractivity contribution is -0.192. The maximum atomic E-state index is 14.0. The summed E-state index contributed by atoms with van der Waals surface area (Å²) in [5.74, 6) is -6.42. The number of hydrogen-bond acceptors (Lipinski definition) is 8. The molecule has 4 aromatic heterocycles. The van der Waals surface area contributed by atoms with Crippen molar-refractivity contribution >= 4 is 28.6 Å². The van der Waals surface area contributed by atoms with Crippen molar-refractivity contribution in [1.29, 1.82) is 0 Å². The van der Waals surface area contributed by atoms with Crippen LogP contribution >= 0.6 is 0 Å². The molecule has 0 fully saturated rings. The lowest BCUT2D eigenvalue weighted by Gasteiger charge is -2.14. The van der Waals surface area contributed by atoms with Crippen LogP contribution in [0.3, 0.4) is 0 Å². The number of nitrogens with zero attached hydrogens (tertiary/aromatic N) is 6. The molecular formula is C21H16F5N7O4. The van der Waals surface area contributed by atoms with Crippen LogP contribution in [0.1, 0.15) is 19.7 Å². The second kappa shape index (κ2) is 10.5. The summed E-state index contributed by atoms with van der Waals surface area (Å²) in [5.41, 5.74) is 0.604. The van der Waals surface area contributed by atoms with E-state index in [-0.39, 0.29) is 23.4 Å². The van der Waals surface area contributed by atoms with Gasteiger partial charge in [0.2, 0.25) is 17.6 Å². The predicted octanol–water partition coefficient (Wildman–Crippen LogP) is 4.10. The van der Waals surface area contributed by atoms with Crippen molar-refractivity contribution in [2.75, 3.05) is 5.32 Å². The van der Waals surface area contributed by atoms with E-state index in [0.29, 0.717) is 18.3 Å². The second-order valence-electron chi connectivity index (χ2n) is 7.25. The van der Waals surface area contributed by atoms with E-state index in [0.717, 1.165) is 5.39 Å². The Morgan fingerprint density at radius 1 is 1.05 bits per heavy atom.